The first-order valence-electron chi connectivity index (χ1n) is 8.20. The topological polar surface area (TPSA) is 29.9 Å². The molecule has 3 nitrogen and oxygen atoms in total. The molecule has 0 aromatic carbocycles. The van der Waals surface area contributed by atoms with Crippen LogP contribution in [0.5, 0.6) is 0 Å². The fourth-order valence-electron chi connectivity index (χ4n) is 3.40. The van der Waals surface area contributed by atoms with Gasteiger partial charge in [-0.15, -0.1) is 0 Å². The van der Waals surface area contributed by atoms with Crippen molar-refractivity contribution in [3.63, 3.8) is 0 Å². The van der Waals surface area contributed by atoms with Crippen molar-refractivity contribution in [2.24, 2.45) is 5.92 Å². The maximum atomic E-state index is 4.53. The van der Waals surface area contributed by atoms with Crippen LogP contribution in [-0.2, 0) is 6.54 Å². The Labute approximate surface area is 131 Å². The lowest BCUT2D eigenvalue weighted by atomic mass is 9.84. The van der Waals surface area contributed by atoms with E-state index in [1.54, 1.807) is 0 Å². The molecule has 1 fully saturated rings. The van der Waals surface area contributed by atoms with Crippen molar-refractivity contribution in [3.05, 3.63) is 16.4 Å². The molecule has 0 saturated heterocycles. The molecule has 1 aliphatic carbocycles. The molecule has 20 heavy (non-hydrogen) atoms. The Hall–Kier alpha value is -0.350. The van der Waals surface area contributed by atoms with Crippen LogP contribution in [0.15, 0.2) is 10.7 Å². The van der Waals surface area contributed by atoms with Crippen molar-refractivity contribution >= 4 is 15.9 Å². The van der Waals surface area contributed by atoms with Crippen molar-refractivity contribution in [2.75, 3.05) is 6.54 Å². The zero-order chi connectivity index (χ0) is 14.4. The molecule has 1 saturated carbocycles. The Morgan fingerprint density at radius 2 is 2.10 bits per heavy atom. The van der Waals surface area contributed by atoms with Crippen LogP contribution < -0.4 is 5.32 Å². The predicted octanol–water partition coefficient (Wildman–Crippen LogP) is 4.68. The van der Waals surface area contributed by atoms with Gasteiger partial charge in [0.05, 0.1) is 22.4 Å². The molecule has 1 atom stereocenters. The average molecular weight is 342 g/mol. The minimum Gasteiger partial charge on any atom is -0.309 e. The van der Waals surface area contributed by atoms with Crippen molar-refractivity contribution in [2.45, 2.75) is 71.4 Å². The van der Waals surface area contributed by atoms with Crippen LogP contribution in [-0.4, -0.2) is 16.3 Å². The maximum Gasteiger partial charge on any atom is 0.0695 e. The third-order valence-electron chi connectivity index (χ3n) is 4.34. The van der Waals surface area contributed by atoms with Gasteiger partial charge in [0.15, 0.2) is 0 Å². The molecule has 1 aromatic rings. The summed E-state index contributed by atoms with van der Waals surface area (Å²) in [6.07, 6.45) is 11.4. The molecule has 1 unspecified atom stereocenters. The summed E-state index contributed by atoms with van der Waals surface area (Å²) in [4.78, 5) is 0. The maximum absolute atomic E-state index is 4.53. The number of rotatable bonds is 7. The summed E-state index contributed by atoms with van der Waals surface area (Å²) < 4.78 is 3.34. The molecule has 1 aliphatic rings. The van der Waals surface area contributed by atoms with Crippen LogP contribution in [0, 0.1) is 5.92 Å². The number of aryl methyl sites for hydroxylation is 1. The van der Waals surface area contributed by atoms with Crippen molar-refractivity contribution in [1.29, 1.82) is 0 Å². The highest BCUT2D eigenvalue weighted by Gasteiger charge is 2.24. The number of nitrogens with one attached hydrogen (secondary N) is 1. The van der Waals surface area contributed by atoms with Crippen molar-refractivity contribution in [3.8, 4) is 0 Å². The summed E-state index contributed by atoms with van der Waals surface area (Å²) in [6, 6.07) is 0.437. The molecule has 1 aromatic heterocycles. The van der Waals surface area contributed by atoms with Crippen LogP contribution in [0.4, 0.5) is 0 Å². The van der Waals surface area contributed by atoms with E-state index in [9.17, 15) is 0 Å². The normalized spacial score (nSPS) is 18.4. The highest BCUT2D eigenvalue weighted by Crippen LogP contribution is 2.34. The number of nitrogens with zero attached hydrogens (tertiary/aromatic N) is 2. The molecular weight excluding hydrogens is 314 g/mol. The summed E-state index contributed by atoms with van der Waals surface area (Å²) in [6.45, 7) is 6.43. The molecule has 0 amide bonds. The van der Waals surface area contributed by atoms with E-state index in [0.29, 0.717) is 6.04 Å². The van der Waals surface area contributed by atoms with E-state index in [4.69, 9.17) is 0 Å². The number of aromatic nitrogens is 2. The van der Waals surface area contributed by atoms with E-state index in [2.05, 4.69) is 44.9 Å². The Morgan fingerprint density at radius 1 is 1.35 bits per heavy atom. The molecule has 0 radical (unpaired) electrons. The Balaban J connectivity index is 2.12. The first kappa shape index (κ1) is 16.0. The summed E-state index contributed by atoms with van der Waals surface area (Å²) in [5, 5.41) is 8.21. The van der Waals surface area contributed by atoms with E-state index in [-0.39, 0.29) is 0 Å². The van der Waals surface area contributed by atoms with Gasteiger partial charge in [-0.3, -0.25) is 4.68 Å². The Morgan fingerprint density at radius 3 is 2.75 bits per heavy atom. The van der Waals surface area contributed by atoms with Gasteiger partial charge in [0, 0.05) is 6.54 Å². The van der Waals surface area contributed by atoms with Crippen LogP contribution in [0.25, 0.3) is 0 Å². The second kappa shape index (κ2) is 8.18. The first-order chi connectivity index (χ1) is 9.76. The molecule has 1 heterocycles. The molecule has 4 heteroatoms. The van der Waals surface area contributed by atoms with Gasteiger partial charge in [0.25, 0.3) is 0 Å². The van der Waals surface area contributed by atoms with Crippen LogP contribution in [0.1, 0.15) is 70.5 Å². The van der Waals surface area contributed by atoms with E-state index < -0.39 is 0 Å². The van der Waals surface area contributed by atoms with Gasteiger partial charge < -0.3 is 5.32 Å². The smallest absolute Gasteiger partial charge is 0.0695 e. The summed E-state index contributed by atoms with van der Waals surface area (Å²) in [7, 11) is 0. The SMILES string of the molecule is CCCn1ncc(Br)c1C(CC1CCCCC1)NCC. The number of hydrogen-bond donors (Lipinski definition) is 1. The monoisotopic (exact) mass is 341 g/mol. The first-order valence-corrected chi connectivity index (χ1v) is 9.00. The highest BCUT2D eigenvalue weighted by atomic mass is 79.9. The van der Waals surface area contributed by atoms with Gasteiger partial charge in [-0.2, -0.15) is 5.10 Å². The van der Waals surface area contributed by atoms with Crippen molar-refractivity contribution < 1.29 is 0 Å². The molecule has 2 rings (SSSR count). The van der Waals surface area contributed by atoms with Crippen molar-refractivity contribution in [1.82, 2.24) is 15.1 Å². The zero-order valence-electron chi connectivity index (χ0n) is 12.9. The van der Waals surface area contributed by atoms with E-state index in [1.807, 2.05) is 6.20 Å². The second-order valence-corrected chi connectivity index (χ2v) is 6.81. The predicted molar refractivity (Wildman–Crippen MR) is 87.8 cm³/mol. The van der Waals surface area contributed by atoms with Gasteiger partial charge in [0.1, 0.15) is 0 Å². The fourth-order valence-corrected chi connectivity index (χ4v) is 3.98. The highest BCUT2D eigenvalue weighted by molar-refractivity contribution is 9.10. The van der Waals surface area contributed by atoms with Gasteiger partial charge in [-0.25, -0.2) is 0 Å². The zero-order valence-corrected chi connectivity index (χ0v) is 14.5. The standard InChI is InChI=1S/C16H28BrN3/c1-3-10-20-16(14(17)12-19-20)15(18-4-2)11-13-8-6-5-7-9-13/h12-13,15,18H,3-11H2,1-2H3. The van der Waals surface area contributed by atoms with Crippen LogP contribution >= 0.6 is 15.9 Å². The lowest BCUT2D eigenvalue weighted by molar-refractivity contribution is 0.294. The molecule has 0 bridgehead atoms. The largest absolute Gasteiger partial charge is 0.309 e. The minimum absolute atomic E-state index is 0.437. The second-order valence-electron chi connectivity index (χ2n) is 5.95. The average Bonchev–Trinajstić information content (AvgIpc) is 2.81. The lowest BCUT2D eigenvalue weighted by Gasteiger charge is -2.28. The Bertz CT molecular complexity index is 396. The number of halogens is 1. The lowest BCUT2D eigenvalue weighted by Crippen LogP contribution is -2.27. The number of hydrogen-bond acceptors (Lipinski definition) is 2. The summed E-state index contributed by atoms with van der Waals surface area (Å²) in [5.74, 6) is 0.879. The molecular formula is C16H28BrN3. The molecule has 1 N–H and O–H groups in total. The van der Waals surface area contributed by atoms with Crippen LogP contribution in [0.3, 0.4) is 0 Å². The van der Waals surface area contributed by atoms with E-state index in [0.717, 1.165) is 29.9 Å². The molecule has 114 valence electrons. The van der Waals surface area contributed by atoms with E-state index in [1.165, 1.54) is 44.2 Å². The summed E-state index contributed by atoms with van der Waals surface area (Å²) >= 11 is 3.70. The van der Waals surface area contributed by atoms with Gasteiger partial charge in [0.2, 0.25) is 0 Å². The van der Waals surface area contributed by atoms with E-state index >= 15 is 0 Å². The third kappa shape index (κ3) is 4.08. The summed E-state index contributed by atoms with van der Waals surface area (Å²) in [5.41, 5.74) is 1.35. The third-order valence-corrected chi connectivity index (χ3v) is 4.95. The Kier molecular flexibility index (Phi) is 6.56. The van der Waals surface area contributed by atoms with Gasteiger partial charge in [-0.1, -0.05) is 46.0 Å². The quantitative estimate of drug-likeness (QED) is 0.780. The van der Waals surface area contributed by atoms with Gasteiger partial charge in [-0.05, 0) is 41.2 Å². The van der Waals surface area contributed by atoms with Crippen LogP contribution in [0.2, 0.25) is 0 Å². The molecule has 0 aliphatic heterocycles. The fraction of sp³-hybridized carbons (Fsp3) is 0.812. The minimum atomic E-state index is 0.437. The molecule has 0 spiro atoms. The van der Waals surface area contributed by atoms with Gasteiger partial charge >= 0.3 is 0 Å².